The topological polar surface area (TPSA) is 38.1 Å². The van der Waals surface area contributed by atoms with Gasteiger partial charge < -0.3 is 4.90 Å². The number of rotatable bonds is 3. The summed E-state index contributed by atoms with van der Waals surface area (Å²) in [5, 5.41) is 4.90. The molecule has 1 aromatic carbocycles. The van der Waals surface area contributed by atoms with Crippen molar-refractivity contribution in [2.75, 3.05) is 6.54 Å². The molecule has 2 aromatic rings. The molecule has 1 aromatic heterocycles. The number of hydrogen-bond acceptors (Lipinski definition) is 2. The number of benzene rings is 1. The summed E-state index contributed by atoms with van der Waals surface area (Å²) in [6.45, 7) is 0.808. The summed E-state index contributed by atoms with van der Waals surface area (Å²) in [4.78, 5) is 14.7. The molecule has 2 heterocycles. The summed E-state index contributed by atoms with van der Waals surface area (Å²) in [6, 6.07) is 7.69. The van der Waals surface area contributed by atoms with E-state index in [1.165, 1.54) is 0 Å². The van der Waals surface area contributed by atoms with Gasteiger partial charge in [-0.2, -0.15) is 5.10 Å². The van der Waals surface area contributed by atoms with Gasteiger partial charge in [-0.25, -0.2) is 0 Å². The van der Waals surface area contributed by atoms with Crippen molar-refractivity contribution in [2.45, 2.75) is 31.7 Å². The van der Waals surface area contributed by atoms with Gasteiger partial charge in [-0.05, 0) is 30.9 Å². The van der Waals surface area contributed by atoms with Crippen molar-refractivity contribution in [1.29, 1.82) is 0 Å². The van der Waals surface area contributed by atoms with Gasteiger partial charge >= 0.3 is 0 Å². The van der Waals surface area contributed by atoms with Gasteiger partial charge in [-0.15, -0.1) is 0 Å². The highest BCUT2D eigenvalue weighted by Gasteiger charge is 2.28. The summed E-state index contributed by atoms with van der Waals surface area (Å²) < 4.78 is 1.79. The average molecular weight is 318 g/mol. The number of carbonyl (C=O) groups is 1. The lowest BCUT2D eigenvalue weighted by Crippen LogP contribution is -2.39. The smallest absolute Gasteiger partial charge is 0.227 e. The number of nitrogens with zero attached hydrogens (tertiary/aromatic N) is 3. The van der Waals surface area contributed by atoms with Crippen molar-refractivity contribution in [3.63, 3.8) is 0 Å². The molecule has 1 unspecified atom stereocenters. The summed E-state index contributed by atoms with van der Waals surface area (Å²) >= 11 is 6.18. The Hall–Kier alpha value is -1.81. The highest BCUT2D eigenvalue weighted by molar-refractivity contribution is 6.31. The second-order valence-corrected chi connectivity index (χ2v) is 6.22. The van der Waals surface area contributed by atoms with Gasteiger partial charge in [0.15, 0.2) is 0 Å². The number of aromatic nitrogens is 2. The lowest BCUT2D eigenvalue weighted by Gasteiger charge is -2.35. The van der Waals surface area contributed by atoms with E-state index in [1.54, 1.807) is 4.68 Å². The van der Waals surface area contributed by atoms with Gasteiger partial charge in [0.2, 0.25) is 5.91 Å². The van der Waals surface area contributed by atoms with Crippen molar-refractivity contribution in [2.24, 2.45) is 7.05 Å². The number of halogens is 1. The van der Waals surface area contributed by atoms with Gasteiger partial charge in [-0.1, -0.05) is 29.8 Å². The quantitative estimate of drug-likeness (QED) is 0.870. The molecule has 0 radical (unpaired) electrons. The molecular weight excluding hydrogens is 298 g/mol. The van der Waals surface area contributed by atoms with Crippen LogP contribution in [0, 0.1) is 0 Å². The lowest BCUT2D eigenvalue weighted by molar-refractivity contribution is -0.134. The summed E-state index contributed by atoms with van der Waals surface area (Å²) in [7, 11) is 1.90. The summed E-state index contributed by atoms with van der Waals surface area (Å²) in [6.07, 6.45) is 7.44. The van der Waals surface area contributed by atoms with Gasteiger partial charge in [0, 0.05) is 30.4 Å². The van der Waals surface area contributed by atoms with E-state index in [9.17, 15) is 4.79 Å². The number of hydrogen-bond donors (Lipinski definition) is 0. The molecule has 22 heavy (non-hydrogen) atoms. The molecule has 1 atom stereocenters. The zero-order valence-electron chi connectivity index (χ0n) is 12.7. The SMILES string of the molecule is Cn1cc(C2CCCCN2C(=O)Cc2ccccc2Cl)cn1. The van der Waals surface area contributed by atoms with Crippen molar-refractivity contribution in [3.8, 4) is 0 Å². The molecule has 0 saturated carbocycles. The minimum absolute atomic E-state index is 0.137. The molecule has 4 nitrogen and oxygen atoms in total. The Morgan fingerprint density at radius 3 is 2.91 bits per heavy atom. The highest BCUT2D eigenvalue weighted by Crippen LogP contribution is 2.31. The second kappa shape index (κ2) is 6.53. The maximum absolute atomic E-state index is 12.8. The standard InChI is InChI=1S/C17H20ClN3O/c1-20-12-14(11-19-20)16-8-4-5-9-21(16)17(22)10-13-6-2-3-7-15(13)18/h2-3,6-7,11-12,16H,4-5,8-10H2,1H3. The van der Waals surface area contributed by atoms with Crippen LogP contribution < -0.4 is 0 Å². The van der Waals surface area contributed by atoms with Crippen LogP contribution in [0.15, 0.2) is 36.7 Å². The highest BCUT2D eigenvalue weighted by atomic mass is 35.5. The number of piperidine rings is 1. The minimum Gasteiger partial charge on any atom is -0.335 e. The molecule has 1 amide bonds. The van der Waals surface area contributed by atoms with Crippen LogP contribution in [-0.2, 0) is 18.3 Å². The van der Waals surface area contributed by atoms with Crippen molar-refractivity contribution in [3.05, 3.63) is 52.8 Å². The van der Waals surface area contributed by atoms with Crippen LogP contribution in [0.3, 0.4) is 0 Å². The molecule has 5 heteroatoms. The average Bonchev–Trinajstić information content (AvgIpc) is 2.96. The molecule has 1 saturated heterocycles. The van der Waals surface area contributed by atoms with Crippen molar-refractivity contribution >= 4 is 17.5 Å². The van der Waals surface area contributed by atoms with Crippen molar-refractivity contribution in [1.82, 2.24) is 14.7 Å². The van der Waals surface area contributed by atoms with E-state index >= 15 is 0 Å². The van der Waals surface area contributed by atoms with Crippen LogP contribution in [-0.4, -0.2) is 27.1 Å². The van der Waals surface area contributed by atoms with Crippen LogP contribution in [0.1, 0.15) is 36.4 Å². The Balaban J connectivity index is 1.78. The van der Waals surface area contributed by atoms with Crippen LogP contribution in [0.25, 0.3) is 0 Å². The molecule has 1 fully saturated rings. The van der Waals surface area contributed by atoms with Gasteiger partial charge in [0.25, 0.3) is 0 Å². The Kier molecular flexibility index (Phi) is 4.48. The molecular formula is C17H20ClN3O. The molecule has 0 N–H and O–H groups in total. The molecule has 116 valence electrons. The Labute approximate surface area is 135 Å². The predicted molar refractivity (Wildman–Crippen MR) is 86.7 cm³/mol. The molecule has 0 bridgehead atoms. The van der Waals surface area contributed by atoms with Crippen LogP contribution >= 0.6 is 11.6 Å². The van der Waals surface area contributed by atoms with Gasteiger partial charge in [-0.3, -0.25) is 9.48 Å². The minimum atomic E-state index is 0.137. The zero-order chi connectivity index (χ0) is 15.5. The van der Waals surface area contributed by atoms with E-state index in [1.807, 2.05) is 48.6 Å². The molecule has 1 aliphatic heterocycles. The number of amides is 1. The van der Waals surface area contributed by atoms with Crippen LogP contribution in [0.2, 0.25) is 5.02 Å². The predicted octanol–water partition coefficient (Wildman–Crippen LogP) is 3.37. The van der Waals surface area contributed by atoms with Gasteiger partial charge in [0.05, 0.1) is 18.7 Å². The fraction of sp³-hybridized carbons (Fsp3) is 0.412. The number of carbonyl (C=O) groups excluding carboxylic acids is 1. The van der Waals surface area contributed by atoms with E-state index in [0.29, 0.717) is 11.4 Å². The second-order valence-electron chi connectivity index (χ2n) is 5.81. The fourth-order valence-corrected chi connectivity index (χ4v) is 3.30. The first-order valence-electron chi connectivity index (χ1n) is 7.66. The monoisotopic (exact) mass is 317 g/mol. The largest absolute Gasteiger partial charge is 0.335 e. The molecule has 3 rings (SSSR count). The Bertz CT molecular complexity index is 667. The fourth-order valence-electron chi connectivity index (χ4n) is 3.10. The third-order valence-electron chi connectivity index (χ3n) is 4.23. The molecule has 0 aliphatic carbocycles. The molecule has 0 spiro atoms. The normalized spacial score (nSPS) is 18.5. The van der Waals surface area contributed by atoms with E-state index in [-0.39, 0.29) is 11.9 Å². The maximum atomic E-state index is 12.8. The van der Waals surface area contributed by atoms with E-state index in [4.69, 9.17) is 11.6 Å². The van der Waals surface area contributed by atoms with Crippen LogP contribution in [0.4, 0.5) is 0 Å². The summed E-state index contributed by atoms with van der Waals surface area (Å²) in [5.74, 6) is 0.140. The Morgan fingerprint density at radius 2 is 2.18 bits per heavy atom. The van der Waals surface area contributed by atoms with E-state index in [0.717, 1.165) is 36.9 Å². The third kappa shape index (κ3) is 3.17. The Morgan fingerprint density at radius 1 is 1.36 bits per heavy atom. The van der Waals surface area contributed by atoms with Crippen molar-refractivity contribution < 1.29 is 4.79 Å². The number of aryl methyl sites for hydroxylation is 1. The van der Waals surface area contributed by atoms with Crippen LogP contribution in [0.5, 0.6) is 0 Å². The summed E-state index contributed by atoms with van der Waals surface area (Å²) in [5.41, 5.74) is 2.01. The maximum Gasteiger partial charge on any atom is 0.227 e. The first-order chi connectivity index (χ1) is 10.6. The first-order valence-corrected chi connectivity index (χ1v) is 8.04. The zero-order valence-corrected chi connectivity index (χ0v) is 13.5. The number of likely N-dealkylation sites (tertiary alicyclic amines) is 1. The van der Waals surface area contributed by atoms with E-state index in [2.05, 4.69) is 5.10 Å². The van der Waals surface area contributed by atoms with Gasteiger partial charge in [0.1, 0.15) is 0 Å². The first kappa shape index (κ1) is 15.1. The molecule has 1 aliphatic rings. The lowest BCUT2D eigenvalue weighted by atomic mass is 9.96. The third-order valence-corrected chi connectivity index (χ3v) is 4.60. The van der Waals surface area contributed by atoms with E-state index < -0.39 is 0 Å².